The number of anilines is 1. The zero-order valence-electron chi connectivity index (χ0n) is 11.7. The topological polar surface area (TPSA) is 12.0 Å². The molecule has 112 valence electrons. The third-order valence-corrected chi connectivity index (χ3v) is 5.35. The fourth-order valence-corrected chi connectivity index (χ4v) is 4.19. The Bertz CT molecular complexity index is 772. The highest BCUT2D eigenvalue weighted by atomic mass is 79.9. The Balaban J connectivity index is 1.86. The van der Waals surface area contributed by atoms with Gasteiger partial charge in [0.1, 0.15) is 11.6 Å². The molecule has 2 aliphatic rings. The predicted octanol–water partition coefficient (Wildman–Crippen LogP) is 5.55. The molecule has 0 unspecified atom stereocenters. The summed E-state index contributed by atoms with van der Waals surface area (Å²) >= 11 is 3.58. The van der Waals surface area contributed by atoms with Crippen molar-refractivity contribution < 1.29 is 8.78 Å². The van der Waals surface area contributed by atoms with Crippen LogP contribution in [-0.2, 0) is 0 Å². The minimum absolute atomic E-state index is 0.00281. The van der Waals surface area contributed by atoms with Crippen molar-refractivity contribution in [1.82, 2.24) is 0 Å². The molecule has 4 rings (SSSR count). The molecule has 0 radical (unpaired) electrons. The van der Waals surface area contributed by atoms with Crippen LogP contribution < -0.4 is 5.32 Å². The van der Waals surface area contributed by atoms with E-state index in [1.54, 1.807) is 0 Å². The maximum absolute atomic E-state index is 14.2. The fourth-order valence-electron chi connectivity index (χ4n) is 3.66. The number of benzene rings is 2. The van der Waals surface area contributed by atoms with Gasteiger partial charge < -0.3 is 5.32 Å². The number of hydrogen-bond acceptors (Lipinski definition) is 1. The summed E-state index contributed by atoms with van der Waals surface area (Å²) in [4.78, 5) is 0. The van der Waals surface area contributed by atoms with E-state index in [9.17, 15) is 8.78 Å². The molecule has 1 aliphatic heterocycles. The second-order valence-electron chi connectivity index (χ2n) is 5.85. The maximum atomic E-state index is 14.2. The monoisotopic (exact) mass is 361 g/mol. The lowest BCUT2D eigenvalue weighted by Gasteiger charge is -2.38. The van der Waals surface area contributed by atoms with Crippen molar-refractivity contribution in [2.24, 2.45) is 5.92 Å². The molecule has 22 heavy (non-hydrogen) atoms. The molecular formula is C18H14BrF2N. The Morgan fingerprint density at radius 3 is 2.73 bits per heavy atom. The van der Waals surface area contributed by atoms with Gasteiger partial charge in [0.2, 0.25) is 0 Å². The standard InChI is InChI=1S/C18H14BrF2N/c19-15-7-2-1-4-13(15)17-12-6-3-5-11(12)14-8-10(20)9-16(21)18(14)22-17/h1-5,7-9,11-12,17,22H,6H2/t11-,12-,17-/m0/s1. The number of allylic oxidation sites excluding steroid dienone is 2. The molecule has 1 N–H and O–H groups in total. The Morgan fingerprint density at radius 2 is 1.91 bits per heavy atom. The van der Waals surface area contributed by atoms with Crippen molar-refractivity contribution in [3.8, 4) is 0 Å². The molecule has 1 heterocycles. The van der Waals surface area contributed by atoms with Gasteiger partial charge in [0.15, 0.2) is 0 Å². The van der Waals surface area contributed by atoms with Crippen LogP contribution in [0.25, 0.3) is 0 Å². The molecule has 2 aromatic rings. The highest BCUT2D eigenvalue weighted by Gasteiger charge is 2.39. The lowest BCUT2D eigenvalue weighted by molar-refractivity contribution is 0.417. The predicted molar refractivity (Wildman–Crippen MR) is 86.9 cm³/mol. The van der Waals surface area contributed by atoms with Crippen molar-refractivity contribution >= 4 is 21.6 Å². The summed E-state index contributed by atoms with van der Waals surface area (Å²) in [5.41, 5.74) is 2.25. The zero-order chi connectivity index (χ0) is 15.3. The molecule has 0 amide bonds. The van der Waals surface area contributed by atoms with Crippen LogP contribution in [0.15, 0.2) is 53.0 Å². The summed E-state index contributed by atoms with van der Waals surface area (Å²) in [7, 11) is 0. The number of hydrogen-bond donors (Lipinski definition) is 1. The smallest absolute Gasteiger partial charge is 0.149 e. The molecule has 0 fully saturated rings. The molecule has 0 spiro atoms. The molecule has 3 atom stereocenters. The summed E-state index contributed by atoms with van der Waals surface area (Å²) in [6, 6.07) is 10.4. The van der Waals surface area contributed by atoms with Crippen molar-refractivity contribution in [2.75, 3.05) is 5.32 Å². The SMILES string of the molecule is Fc1cc(F)c2c(c1)[C@H]1C=CC[C@@H]1[C@@H](c1ccccc1Br)N2. The highest BCUT2D eigenvalue weighted by molar-refractivity contribution is 9.10. The average Bonchev–Trinajstić information content (AvgIpc) is 2.97. The summed E-state index contributed by atoms with van der Waals surface area (Å²) < 4.78 is 28.8. The van der Waals surface area contributed by atoms with E-state index in [2.05, 4.69) is 33.4 Å². The second kappa shape index (κ2) is 5.20. The van der Waals surface area contributed by atoms with E-state index >= 15 is 0 Å². The van der Waals surface area contributed by atoms with Crippen molar-refractivity contribution in [1.29, 1.82) is 0 Å². The number of nitrogens with one attached hydrogen (secondary N) is 1. The van der Waals surface area contributed by atoms with Gasteiger partial charge >= 0.3 is 0 Å². The average molecular weight is 362 g/mol. The second-order valence-corrected chi connectivity index (χ2v) is 6.70. The van der Waals surface area contributed by atoms with Crippen LogP contribution in [0.5, 0.6) is 0 Å². The first kappa shape index (κ1) is 13.9. The summed E-state index contributed by atoms with van der Waals surface area (Å²) in [6.07, 6.45) is 5.09. The van der Waals surface area contributed by atoms with Gasteiger partial charge in [-0.25, -0.2) is 8.78 Å². The van der Waals surface area contributed by atoms with Crippen molar-refractivity contribution in [3.63, 3.8) is 0 Å². The Morgan fingerprint density at radius 1 is 1.09 bits per heavy atom. The Hall–Kier alpha value is -1.68. The summed E-state index contributed by atoms with van der Waals surface area (Å²) in [6.45, 7) is 0. The molecular weight excluding hydrogens is 348 g/mol. The van der Waals surface area contributed by atoms with E-state index < -0.39 is 11.6 Å². The summed E-state index contributed by atoms with van der Waals surface area (Å²) in [5, 5.41) is 3.31. The van der Waals surface area contributed by atoms with Crippen molar-refractivity contribution in [2.45, 2.75) is 18.4 Å². The first-order chi connectivity index (χ1) is 10.6. The van der Waals surface area contributed by atoms with E-state index in [1.165, 1.54) is 6.07 Å². The normalized spacial score (nSPS) is 25.5. The van der Waals surface area contributed by atoms with Gasteiger partial charge in [0.05, 0.1) is 11.7 Å². The third-order valence-electron chi connectivity index (χ3n) is 4.63. The number of halogens is 3. The lowest BCUT2D eigenvalue weighted by Crippen LogP contribution is -2.30. The van der Waals surface area contributed by atoms with Crippen LogP contribution in [-0.4, -0.2) is 0 Å². The summed E-state index contributed by atoms with van der Waals surface area (Å²) in [5.74, 6) is -0.715. The Labute approximate surface area is 136 Å². The zero-order valence-corrected chi connectivity index (χ0v) is 13.3. The van der Waals surface area contributed by atoms with Gasteiger partial charge in [-0.1, -0.05) is 46.3 Å². The minimum Gasteiger partial charge on any atom is -0.375 e. The van der Waals surface area contributed by atoms with Crippen LogP contribution in [0.4, 0.5) is 14.5 Å². The largest absolute Gasteiger partial charge is 0.375 e. The van der Waals surface area contributed by atoms with Crippen LogP contribution in [0, 0.1) is 17.6 Å². The van der Waals surface area contributed by atoms with Gasteiger partial charge in [-0.15, -0.1) is 0 Å². The molecule has 2 aromatic carbocycles. The Kier molecular flexibility index (Phi) is 3.30. The van der Waals surface area contributed by atoms with E-state index in [-0.39, 0.29) is 17.9 Å². The molecule has 1 aliphatic carbocycles. The third kappa shape index (κ3) is 2.09. The van der Waals surface area contributed by atoms with Crippen LogP contribution >= 0.6 is 15.9 Å². The van der Waals surface area contributed by atoms with Gasteiger partial charge in [0.25, 0.3) is 0 Å². The number of fused-ring (bicyclic) bond motifs is 3. The lowest BCUT2D eigenvalue weighted by atomic mass is 9.77. The minimum atomic E-state index is -0.522. The molecule has 0 aromatic heterocycles. The quantitative estimate of drug-likeness (QED) is 0.656. The van der Waals surface area contributed by atoms with Crippen LogP contribution in [0.1, 0.15) is 29.5 Å². The molecule has 0 saturated carbocycles. The van der Waals surface area contributed by atoms with E-state index in [0.29, 0.717) is 5.69 Å². The van der Waals surface area contributed by atoms with E-state index in [4.69, 9.17) is 0 Å². The molecule has 4 heteroatoms. The van der Waals surface area contributed by atoms with Gasteiger partial charge in [-0.3, -0.25) is 0 Å². The highest BCUT2D eigenvalue weighted by Crippen LogP contribution is 2.51. The van der Waals surface area contributed by atoms with Gasteiger partial charge in [0, 0.05) is 16.5 Å². The van der Waals surface area contributed by atoms with E-state index in [1.807, 2.05) is 24.3 Å². The molecule has 0 bridgehead atoms. The van der Waals surface area contributed by atoms with Crippen LogP contribution in [0.3, 0.4) is 0 Å². The first-order valence-electron chi connectivity index (χ1n) is 7.31. The molecule has 1 nitrogen and oxygen atoms in total. The van der Waals surface area contributed by atoms with Gasteiger partial charge in [-0.05, 0) is 35.6 Å². The maximum Gasteiger partial charge on any atom is 0.149 e. The molecule has 0 saturated heterocycles. The van der Waals surface area contributed by atoms with E-state index in [0.717, 1.165) is 28.1 Å². The van der Waals surface area contributed by atoms with Gasteiger partial charge in [-0.2, -0.15) is 0 Å². The fraction of sp³-hybridized carbons (Fsp3) is 0.222. The number of rotatable bonds is 1. The van der Waals surface area contributed by atoms with Crippen molar-refractivity contribution in [3.05, 3.63) is 75.8 Å². The van der Waals surface area contributed by atoms with Crippen LogP contribution in [0.2, 0.25) is 0 Å². The first-order valence-corrected chi connectivity index (χ1v) is 8.11.